The maximum atomic E-state index is 13.0. The molecular weight excluding hydrogens is 392 g/mol. The number of carbonyl (C=O) groups is 2. The summed E-state index contributed by atoms with van der Waals surface area (Å²) < 4.78 is 11.5. The molecule has 1 N–H and O–H groups in total. The fourth-order valence-electron chi connectivity index (χ4n) is 4.55. The van der Waals surface area contributed by atoms with E-state index < -0.39 is 23.7 Å². The molecule has 1 amide bonds. The highest BCUT2D eigenvalue weighted by Crippen LogP contribution is 2.42. The normalized spacial score (nSPS) is 26.0. The molecule has 3 rings (SSSR count). The smallest absolute Gasteiger partial charge is 0.408 e. The Morgan fingerprint density at radius 1 is 1.06 bits per heavy atom. The van der Waals surface area contributed by atoms with Crippen LogP contribution in [0.2, 0.25) is 0 Å². The Kier molecular flexibility index (Phi) is 6.49. The minimum atomic E-state index is -0.687. The van der Waals surface area contributed by atoms with Gasteiger partial charge in [-0.05, 0) is 51.0 Å². The highest BCUT2D eigenvalue weighted by atomic mass is 16.6. The van der Waals surface area contributed by atoms with Crippen molar-refractivity contribution in [3.05, 3.63) is 29.8 Å². The summed E-state index contributed by atoms with van der Waals surface area (Å²) in [5.41, 5.74) is 1.00. The Bertz CT molecular complexity index is 863. The first-order valence-corrected chi connectivity index (χ1v) is 11.2. The summed E-state index contributed by atoms with van der Waals surface area (Å²) >= 11 is 0. The lowest BCUT2D eigenvalue weighted by atomic mass is 9.68. The minimum Gasteiger partial charge on any atom is -0.455 e. The van der Waals surface area contributed by atoms with E-state index in [0.717, 1.165) is 24.8 Å². The lowest BCUT2D eigenvalue weighted by Gasteiger charge is -2.41. The first-order valence-electron chi connectivity index (χ1n) is 11.2. The van der Waals surface area contributed by atoms with Gasteiger partial charge in [0, 0.05) is 11.5 Å². The number of esters is 1. The van der Waals surface area contributed by atoms with Gasteiger partial charge >= 0.3 is 12.1 Å². The molecule has 1 aromatic rings. The predicted octanol–water partition coefficient (Wildman–Crippen LogP) is 5.73. The van der Waals surface area contributed by atoms with Gasteiger partial charge in [0.15, 0.2) is 5.71 Å². The zero-order valence-electron chi connectivity index (χ0n) is 19.8. The van der Waals surface area contributed by atoms with Crippen molar-refractivity contribution in [1.82, 2.24) is 5.32 Å². The van der Waals surface area contributed by atoms with E-state index in [1.165, 1.54) is 0 Å². The first-order chi connectivity index (χ1) is 14.3. The number of alkyl carbamates (subject to hydrolysis) is 1. The first kappa shape index (κ1) is 23.3. The highest BCUT2D eigenvalue weighted by molar-refractivity contribution is 6.40. The van der Waals surface area contributed by atoms with Crippen molar-refractivity contribution in [1.29, 1.82) is 0 Å². The van der Waals surface area contributed by atoms with Crippen LogP contribution in [0.1, 0.15) is 79.3 Å². The fraction of sp³-hybridized carbons (Fsp3) is 0.640. The molecule has 1 aliphatic heterocycles. The van der Waals surface area contributed by atoms with E-state index in [1.54, 1.807) is 20.8 Å². The van der Waals surface area contributed by atoms with Crippen LogP contribution in [-0.2, 0) is 14.3 Å². The van der Waals surface area contributed by atoms with Crippen molar-refractivity contribution in [2.45, 2.75) is 85.5 Å². The Morgan fingerprint density at radius 3 is 2.39 bits per heavy atom. The molecule has 1 aliphatic carbocycles. The fourth-order valence-corrected chi connectivity index (χ4v) is 4.55. The Balaban J connectivity index is 1.77. The van der Waals surface area contributed by atoms with Gasteiger partial charge < -0.3 is 14.8 Å². The average Bonchev–Trinajstić information content (AvgIpc) is 2.98. The molecule has 0 saturated heterocycles. The van der Waals surface area contributed by atoms with Gasteiger partial charge in [0.2, 0.25) is 0 Å². The molecule has 4 atom stereocenters. The topological polar surface area (TPSA) is 77.0 Å². The largest absolute Gasteiger partial charge is 0.455 e. The standard InChI is InChI=1S/C25H36N2O4/c1-15-12-13-17(24(2,3)4)19(14-15)30-23(29)27-20-16-10-8-9-11-18(16)26-21(20)22(28)31-25(5,6)7/h8-11,15,17,19-20H,12-14H2,1-7H3,(H,27,29)/t15?,17?,19-,20?/m0/s1. The monoisotopic (exact) mass is 428 g/mol. The number of nitrogens with zero attached hydrogens (tertiary/aromatic N) is 1. The second-order valence-electron chi connectivity index (χ2n) is 11.0. The number of fused-ring (bicyclic) bond motifs is 1. The van der Waals surface area contributed by atoms with Crippen LogP contribution in [0.3, 0.4) is 0 Å². The molecule has 1 saturated carbocycles. The van der Waals surface area contributed by atoms with E-state index in [0.29, 0.717) is 17.5 Å². The lowest BCUT2D eigenvalue weighted by molar-refractivity contribution is -0.146. The van der Waals surface area contributed by atoms with Gasteiger partial charge in [0.05, 0.1) is 5.69 Å². The molecule has 0 radical (unpaired) electrons. The summed E-state index contributed by atoms with van der Waals surface area (Å²) in [6.07, 6.45) is 2.37. The molecule has 0 spiro atoms. The molecule has 6 nitrogen and oxygen atoms in total. The van der Waals surface area contributed by atoms with Crippen molar-refractivity contribution in [3.8, 4) is 0 Å². The Labute approximate surface area is 185 Å². The summed E-state index contributed by atoms with van der Waals surface area (Å²) in [6, 6.07) is 6.72. The van der Waals surface area contributed by atoms with Gasteiger partial charge in [-0.25, -0.2) is 14.6 Å². The zero-order chi connectivity index (χ0) is 23.0. The molecule has 2 aliphatic rings. The maximum absolute atomic E-state index is 13.0. The molecule has 1 aromatic carbocycles. The van der Waals surface area contributed by atoms with Crippen LogP contribution in [0.15, 0.2) is 29.3 Å². The van der Waals surface area contributed by atoms with E-state index >= 15 is 0 Å². The third-order valence-corrected chi connectivity index (χ3v) is 6.06. The third kappa shape index (κ3) is 5.66. The van der Waals surface area contributed by atoms with Crippen molar-refractivity contribution in [3.63, 3.8) is 0 Å². The number of ether oxygens (including phenoxy) is 2. The van der Waals surface area contributed by atoms with Crippen LogP contribution in [0.5, 0.6) is 0 Å². The lowest BCUT2D eigenvalue weighted by Crippen LogP contribution is -2.44. The number of benzene rings is 1. The Morgan fingerprint density at radius 2 is 1.74 bits per heavy atom. The van der Waals surface area contributed by atoms with Gasteiger partial charge in [-0.15, -0.1) is 0 Å². The highest BCUT2D eigenvalue weighted by Gasteiger charge is 2.40. The number of amides is 1. The quantitative estimate of drug-likeness (QED) is 0.624. The van der Waals surface area contributed by atoms with E-state index in [9.17, 15) is 9.59 Å². The Hall–Kier alpha value is -2.37. The molecule has 170 valence electrons. The van der Waals surface area contributed by atoms with Crippen molar-refractivity contribution in [2.24, 2.45) is 22.2 Å². The molecule has 6 heteroatoms. The third-order valence-electron chi connectivity index (χ3n) is 6.06. The minimum absolute atomic E-state index is 0.0498. The van der Waals surface area contributed by atoms with Crippen LogP contribution in [-0.4, -0.2) is 29.5 Å². The average molecular weight is 429 g/mol. The second-order valence-corrected chi connectivity index (χ2v) is 11.0. The predicted molar refractivity (Wildman–Crippen MR) is 121 cm³/mol. The van der Waals surface area contributed by atoms with Gasteiger partial charge in [-0.3, -0.25) is 0 Å². The van der Waals surface area contributed by atoms with E-state index in [-0.39, 0.29) is 17.2 Å². The summed E-state index contributed by atoms with van der Waals surface area (Å²) in [5, 5.41) is 2.89. The van der Waals surface area contributed by atoms with E-state index in [4.69, 9.17) is 9.47 Å². The van der Waals surface area contributed by atoms with Gasteiger partial charge in [-0.1, -0.05) is 52.3 Å². The van der Waals surface area contributed by atoms with Gasteiger partial charge in [0.25, 0.3) is 0 Å². The molecule has 1 fully saturated rings. The van der Waals surface area contributed by atoms with Crippen LogP contribution < -0.4 is 5.32 Å². The molecular formula is C25H36N2O4. The maximum Gasteiger partial charge on any atom is 0.408 e. The molecule has 0 bridgehead atoms. The number of aliphatic imine (C=N–C) groups is 1. The van der Waals surface area contributed by atoms with Crippen molar-refractivity contribution in [2.75, 3.05) is 0 Å². The second kappa shape index (κ2) is 8.64. The summed E-state index contributed by atoms with van der Waals surface area (Å²) in [4.78, 5) is 30.2. The SMILES string of the molecule is CC1CCC(C(C)(C)C)[C@@H](OC(=O)NC2C(C(=O)OC(C)(C)C)=Nc3ccccc32)C1. The van der Waals surface area contributed by atoms with Crippen LogP contribution in [0.4, 0.5) is 10.5 Å². The van der Waals surface area contributed by atoms with Gasteiger partial charge in [0.1, 0.15) is 17.7 Å². The number of hydrogen-bond donors (Lipinski definition) is 1. The van der Waals surface area contributed by atoms with Crippen LogP contribution in [0.25, 0.3) is 0 Å². The van der Waals surface area contributed by atoms with Crippen LogP contribution in [0, 0.1) is 17.3 Å². The number of hydrogen-bond acceptors (Lipinski definition) is 5. The van der Waals surface area contributed by atoms with Crippen molar-refractivity contribution >= 4 is 23.5 Å². The molecule has 0 aromatic heterocycles. The molecule has 1 heterocycles. The summed E-state index contributed by atoms with van der Waals surface area (Å²) in [7, 11) is 0. The number of carbonyl (C=O) groups excluding carboxylic acids is 2. The zero-order valence-corrected chi connectivity index (χ0v) is 19.8. The summed E-state index contributed by atoms with van der Waals surface area (Å²) in [6.45, 7) is 14.2. The van der Waals surface area contributed by atoms with Crippen LogP contribution >= 0.6 is 0 Å². The number of para-hydroxylation sites is 1. The summed E-state index contributed by atoms with van der Waals surface area (Å²) in [5.74, 6) is 0.277. The molecule has 31 heavy (non-hydrogen) atoms. The van der Waals surface area contributed by atoms with E-state index in [2.05, 4.69) is 38.0 Å². The van der Waals surface area contributed by atoms with Gasteiger partial charge in [-0.2, -0.15) is 0 Å². The number of rotatable bonds is 3. The van der Waals surface area contributed by atoms with E-state index in [1.807, 2.05) is 24.3 Å². The molecule has 3 unspecified atom stereocenters. The van der Waals surface area contributed by atoms with Crippen molar-refractivity contribution < 1.29 is 19.1 Å². The number of nitrogens with one attached hydrogen (secondary N) is 1.